The normalized spacial score (nSPS) is 13.1. The Morgan fingerprint density at radius 1 is 0.694 bits per heavy atom. The highest BCUT2D eigenvalue weighted by Crippen LogP contribution is 2.09. The third kappa shape index (κ3) is 26.9. The summed E-state index contributed by atoms with van der Waals surface area (Å²) >= 11 is 0. The van der Waals surface area contributed by atoms with Crippen LogP contribution in [0.25, 0.3) is 0 Å². The number of carbonyl (C=O) groups excluding carboxylic acids is 1. The summed E-state index contributed by atoms with van der Waals surface area (Å²) in [6, 6.07) is 0. The number of esters is 1. The van der Waals surface area contributed by atoms with Crippen molar-refractivity contribution in [3.8, 4) is 0 Å². The van der Waals surface area contributed by atoms with Crippen LogP contribution in [0.5, 0.6) is 0 Å². The fraction of sp³-hybridized carbons (Fsp3) is 0.719. The van der Waals surface area contributed by atoms with Crippen molar-refractivity contribution in [3.05, 3.63) is 48.6 Å². The second kappa shape index (κ2) is 29.6. The Bertz CT molecular complexity index is 577. The molecule has 208 valence electrons. The van der Waals surface area contributed by atoms with Gasteiger partial charge in [0.2, 0.25) is 0 Å². The Balaban J connectivity index is 3.51. The van der Waals surface area contributed by atoms with Gasteiger partial charge < -0.3 is 14.6 Å². The van der Waals surface area contributed by atoms with Gasteiger partial charge in [-0.15, -0.1) is 0 Å². The standard InChI is InChI=1S/C32H56O4/c1-3-5-7-9-11-12-13-14-15-16-17-18-19-20-21-22-24-26-28-35-30-31(29-33)36-32(34)27-25-23-10-8-6-4-2/h5,7,11-12,14-15,17-18,31,33H,3-4,6,8-10,13,16,19-30H2,1-2H3/b7-5-,12-11-,15-14-,18-17-. The fourth-order valence-electron chi connectivity index (χ4n) is 3.73. The highest BCUT2D eigenvalue weighted by molar-refractivity contribution is 5.69. The summed E-state index contributed by atoms with van der Waals surface area (Å²) in [5, 5.41) is 9.43. The van der Waals surface area contributed by atoms with E-state index in [1.165, 1.54) is 44.9 Å². The van der Waals surface area contributed by atoms with E-state index in [0.29, 0.717) is 13.0 Å². The molecule has 0 heterocycles. The van der Waals surface area contributed by atoms with Crippen LogP contribution in [-0.2, 0) is 14.3 Å². The number of carbonyl (C=O) groups is 1. The Morgan fingerprint density at radius 3 is 1.89 bits per heavy atom. The molecule has 1 unspecified atom stereocenters. The van der Waals surface area contributed by atoms with Gasteiger partial charge in [0.25, 0.3) is 0 Å². The molecule has 1 N–H and O–H groups in total. The Hall–Kier alpha value is -1.65. The molecule has 0 aromatic rings. The molecular weight excluding hydrogens is 448 g/mol. The van der Waals surface area contributed by atoms with Crippen molar-refractivity contribution in [2.24, 2.45) is 0 Å². The second-order valence-electron chi connectivity index (χ2n) is 9.44. The van der Waals surface area contributed by atoms with E-state index in [-0.39, 0.29) is 19.2 Å². The molecule has 0 aromatic heterocycles. The zero-order valence-corrected chi connectivity index (χ0v) is 23.5. The van der Waals surface area contributed by atoms with E-state index in [4.69, 9.17) is 9.47 Å². The largest absolute Gasteiger partial charge is 0.457 e. The van der Waals surface area contributed by atoms with Gasteiger partial charge in [-0.3, -0.25) is 4.79 Å². The smallest absolute Gasteiger partial charge is 0.306 e. The second-order valence-corrected chi connectivity index (χ2v) is 9.44. The van der Waals surface area contributed by atoms with Crippen molar-refractivity contribution in [2.45, 2.75) is 129 Å². The molecule has 4 heteroatoms. The van der Waals surface area contributed by atoms with Gasteiger partial charge in [-0.05, 0) is 51.4 Å². The Morgan fingerprint density at radius 2 is 1.25 bits per heavy atom. The highest BCUT2D eigenvalue weighted by Gasteiger charge is 2.13. The SMILES string of the molecule is CC/C=C\C/C=C\C/C=C\C/C=C\CCCCCCCOCC(CO)OC(=O)CCCCCCCC. The third-order valence-electron chi connectivity index (χ3n) is 5.92. The summed E-state index contributed by atoms with van der Waals surface area (Å²) in [5.41, 5.74) is 0. The van der Waals surface area contributed by atoms with Crippen LogP contribution in [0.4, 0.5) is 0 Å². The molecule has 1 atom stereocenters. The summed E-state index contributed by atoms with van der Waals surface area (Å²) < 4.78 is 11.0. The predicted octanol–water partition coefficient (Wildman–Crippen LogP) is 8.80. The first-order valence-electron chi connectivity index (χ1n) is 14.7. The molecule has 36 heavy (non-hydrogen) atoms. The van der Waals surface area contributed by atoms with Crippen LogP contribution in [0, 0.1) is 0 Å². The minimum Gasteiger partial charge on any atom is -0.457 e. The minimum absolute atomic E-state index is 0.181. The Labute approximate surface area is 222 Å². The van der Waals surface area contributed by atoms with Gasteiger partial charge in [0.1, 0.15) is 6.10 Å². The van der Waals surface area contributed by atoms with E-state index in [2.05, 4.69) is 62.5 Å². The van der Waals surface area contributed by atoms with Crippen molar-refractivity contribution in [1.82, 2.24) is 0 Å². The molecule has 0 saturated heterocycles. The number of rotatable bonds is 26. The zero-order chi connectivity index (χ0) is 26.4. The molecule has 0 aliphatic rings. The first-order chi connectivity index (χ1) is 17.7. The quantitative estimate of drug-likeness (QED) is 0.0726. The van der Waals surface area contributed by atoms with Crippen LogP contribution >= 0.6 is 0 Å². The molecule has 0 aliphatic carbocycles. The third-order valence-corrected chi connectivity index (χ3v) is 5.92. The lowest BCUT2D eigenvalue weighted by Crippen LogP contribution is -2.27. The summed E-state index contributed by atoms with van der Waals surface area (Å²) in [4.78, 5) is 11.9. The number of aliphatic hydroxyl groups is 1. The van der Waals surface area contributed by atoms with Crippen molar-refractivity contribution in [3.63, 3.8) is 0 Å². The van der Waals surface area contributed by atoms with E-state index in [1.54, 1.807) is 0 Å². The molecule has 0 radical (unpaired) electrons. The molecule has 0 saturated carbocycles. The maximum Gasteiger partial charge on any atom is 0.306 e. The number of hydrogen-bond acceptors (Lipinski definition) is 4. The molecule has 0 aromatic carbocycles. The molecule has 4 nitrogen and oxygen atoms in total. The molecule has 0 spiro atoms. The molecule has 0 amide bonds. The van der Waals surface area contributed by atoms with Crippen molar-refractivity contribution >= 4 is 5.97 Å². The van der Waals surface area contributed by atoms with Crippen LogP contribution < -0.4 is 0 Å². The molecular formula is C32H56O4. The summed E-state index contributed by atoms with van der Waals surface area (Å²) in [6.07, 6.45) is 35.8. The van der Waals surface area contributed by atoms with Crippen molar-refractivity contribution in [2.75, 3.05) is 19.8 Å². The van der Waals surface area contributed by atoms with E-state index in [9.17, 15) is 9.90 Å². The zero-order valence-electron chi connectivity index (χ0n) is 23.5. The molecule has 0 rings (SSSR count). The monoisotopic (exact) mass is 504 g/mol. The van der Waals surface area contributed by atoms with Gasteiger partial charge in [-0.2, -0.15) is 0 Å². The first-order valence-corrected chi connectivity index (χ1v) is 14.7. The van der Waals surface area contributed by atoms with Crippen LogP contribution in [-0.4, -0.2) is 37.0 Å². The number of unbranched alkanes of at least 4 members (excludes halogenated alkanes) is 10. The van der Waals surface area contributed by atoms with E-state index in [0.717, 1.165) is 57.8 Å². The van der Waals surface area contributed by atoms with Crippen LogP contribution in [0.3, 0.4) is 0 Å². The van der Waals surface area contributed by atoms with Crippen LogP contribution in [0.1, 0.15) is 123 Å². The van der Waals surface area contributed by atoms with Crippen molar-refractivity contribution < 1.29 is 19.4 Å². The topological polar surface area (TPSA) is 55.8 Å². The summed E-state index contributed by atoms with van der Waals surface area (Å²) in [7, 11) is 0. The maximum absolute atomic E-state index is 11.9. The first kappa shape index (κ1) is 34.4. The van der Waals surface area contributed by atoms with Gasteiger partial charge in [0.15, 0.2) is 0 Å². The lowest BCUT2D eigenvalue weighted by atomic mass is 10.1. The van der Waals surface area contributed by atoms with Gasteiger partial charge >= 0.3 is 5.97 Å². The number of aliphatic hydroxyl groups excluding tert-OH is 1. The number of allylic oxidation sites excluding steroid dienone is 8. The Kier molecular flexibility index (Phi) is 28.2. The highest BCUT2D eigenvalue weighted by atomic mass is 16.6. The lowest BCUT2D eigenvalue weighted by Gasteiger charge is -2.15. The average molecular weight is 505 g/mol. The van der Waals surface area contributed by atoms with Crippen LogP contribution in [0.2, 0.25) is 0 Å². The van der Waals surface area contributed by atoms with Gasteiger partial charge in [0.05, 0.1) is 13.2 Å². The summed E-state index contributed by atoms with van der Waals surface area (Å²) in [5.74, 6) is -0.221. The van der Waals surface area contributed by atoms with Gasteiger partial charge in [-0.1, -0.05) is 114 Å². The lowest BCUT2D eigenvalue weighted by molar-refractivity contribution is -0.154. The predicted molar refractivity (Wildman–Crippen MR) is 154 cm³/mol. The van der Waals surface area contributed by atoms with Crippen LogP contribution in [0.15, 0.2) is 48.6 Å². The summed E-state index contributed by atoms with van der Waals surface area (Å²) in [6.45, 7) is 5.11. The van der Waals surface area contributed by atoms with Gasteiger partial charge in [-0.25, -0.2) is 0 Å². The van der Waals surface area contributed by atoms with Crippen molar-refractivity contribution in [1.29, 1.82) is 0 Å². The average Bonchev–Trinajstić information content (AvgIpc) is 2.88. The van der Waals surface area contributed by atoms with Gasteiger partial charge in [0, 0.05) is 13.0 Å². The van der Waals surface area contributed by atoms with E-state index >= 15 is 0 Å². The number of ether oxygens (including phenoxy) is 2. The number of hydrogen-bond donors (Lipinski definition) is 1. The molecule has 0 bridgehead atoms. The van der Waals surface area contributed by atoms with E-state index in [1.807, 2.05) is 0 Å². The maximum atomic E-state index is 11.9. The minimum atomic E-state index is -0.538. The fourth-order valence-corrected chi connectivity index (χ4v) is 3.73. The molecule has 0 fully saturated rings. The molecule has 0 aliphatic heterocycles. The van der Waals surface area contributed by atoms with E-state index < -0.39 is 6.10 Å².